The van der Waals surface area contributed by atoms with Crippen molar-refractivity contribution >= 4 is 33.4 Å². The van der Waals surface area contributed by atoms with Crippen LogP contribution in [0.3, 0.4) is 0 Å². The van der Waals surface area contributed by atoms with Gasteiger partial charge in [0.05, 0.1) is 11.9 Å². The van der Waals surface area contributed by atoms with Crippen molar-refractivity contribution in [2.24, 2.45) is 0 Å². The monoisotopic (exact) mass is 371 g/mol. The minimum Gasteiger partial charge on any atom is -0.435 e. The Labute approximate surface area is 165 Å². The summed E-state index contributed by atoms with van der Waals surface area (Å²) in [6, 6.07) is 17.3. The van der Waals surface area contributed by atoms with Crippen LogP contribution in [-0.4, -0.2) is 29.6 Å². The molecule has 28 heavy (non-hydrogen) atoms. The Bertz CT molecular complexity index is 1190. The quantitative estimate of drug-likeness (QED) is 0.438. The van der Waals surface area contributed by atoms with Crippen LogP contribution in [-0.2, 0) is 6.42 Å². The zero-order chi connectivity index (χ0) is 19.4. The van der Waals surface area contributed by atoms with Gasteiger partial charge in [-0.05, 0) is 63.6 Å². The topological polar surface area (TPSA) is 32.5 Å². The molecule has 4 nitrogen and oxygen atoms in total. The van der Waals surface area contributed by atoms with E-state index in [9.17, 15) is 0 Å². The lowest BCUT2D eigenvalue weighted by Crippen LogP contribution is -2.41. The van der Waals surface area contributed by atoms with Crippen molar-refractivity contribution in [3.8, 4) is 0 Å². The molecule has 0 fully saturated rings. The van der Waals surface area contributed by atoms with E-state index >= 15 is 0 Å². The fraction of sp³-hybridized carbons (Fsp3) is 0.292. The molecule has 1 aliphatic heterocycles. The number of furan rings is 1. The van der Waals surface area contributed by atoms with Crippen LogP contribution >= 0.6 is 0 Å². The predicted octanol–water partition coefficient (Wildman–Crippen LogP) is 5.57. The van der Waals surface area contributed by atoms with E-state index in [0.29, 0.717) is 5.71 Å². The first-order valence-electron chi connectivity index (χ1n) is 9.91. The lowest BCUT2D eigenvalue weighted by atomic mass is 10.0. The molecule has 4 aromatic rings. The number of pyridine rings is 1. The smallest absolute Gasteiger partial charge is 0.227 e. The van der Waals surface area contributed by atoms with E-state index in [2.05, 4.69) is 84.2 Å². The highest BCUT2D eigenvalue weighted by molar-refractivity contribution is 6.09. The summed E-state index contributed by atoms with van der Waals surface area (Å²) in [6.07, 6.45) is 1.26. The molecule has 1 atom stereocenters. The van der Waals surface area contributed by atoms with Crippen LogP contribution in [0.15, 0.2) is 52.9 Å². The zero-order valence-corrected chi connectivity index (χ0v) is 16.9. The highest BCUT2D eigenvalue weighted by atomic mass is 16.3. The maximum absolute atomic E-state index is 6.37. The van der Waals surface area contributed by atoms with E-state index in [1.165, 1.54) is 16.8 Å². The van der Waals surface area contributed by atoms with Gasteiger partial charge < -0.3 is 9.32 Å². The normalized spacial score (nSPS) is 17.9. The van der Waals surface area contributed by atoms with Crippen molar-refractivity contribution in [2.45, 2.75) is 33.4 Å². The van der Waals surface area contributed by atoms with Gasteiger partial charge in [-0.25, -0.2) is 4.98 Å². The third-order valence-corrected chi connectivity index (χ3v) is 6.06. The van der Waals surface area contributed by atoms with Crippen molar-refractivity contribution in [1.82, 2.24) is 9.88 Å². The molecule has 0 radical (unpaired) electrons. The van der Waals surface area contributed by atoms with Gasteiger partial charge in [-0.2, -0.15) is 0 Å². The first-order valence-corrected chi connectivity index (χ1v) is 9.91. The summed E-state index contributed by atoms with van der Waals surface area (Å²) < 4.78 is 6.37. The van der Waals surface area contributed by atoms with E-state index in [4.69, 9.17) is 4.42 Å². The van der Waals surface area contributed by atoms with Crippen LogP contribution < -0.4 is 4.90 Å². The Balaban J connectivity index is 1.84. The van der Waals surface area contributed by atoms with Crippen molar-refractivity contribution in [3.05, 3.63) is 65.4 Å². The Morgan fingerprint density at radius 3 is 2.64 bits per heavy atom. The summed E-state index contributed by atoms with van der Waals surface area (Å²) in [5.41, 5.74) is 7.59. The van der Waals surface area contributed by atoms with Gasteiger partial charge in [-0.3, -0.25) is 4.90 Å². The van der Waals surface area contributed by atoms with E-state index < -0.39 is 0 Å². The molecule has 4 heteroatoms. The van der Waals surface area contributed by atoms with Gasteiger partial charge in [-0.1, -0.05) is 30.3 Å². The number of fused-ring (bicyclic) bond motifs is 4. The van der Waals surface area contributed by atoms with Gasteiger partial charge in [0.2, 0.25) is 5.71 Å². The number of anilines is 2. The number of para-hydroxylation sites is 1. The molecule has 0 amide bonds. The second-order valence-corrected chi connectivity index (χ2v) is 7.88. The molecule has 0 saturated heterocycles. The fourth-order valence-electron chi connectivity index (χ4n) is 4.34. The summed E-state index contributed by atoms with van der Waals surface area (Å²) in [5, 5.41) is 2.20. The second kappa shape index (κ2) is 6.35. The molecule has 2 aromatic carbocycles. The third-order valence-electron chi connectivity index (χ3n) is 6.06. The maximum Gasteiger partial charge on any atom is 0.227 e. The van der Waals surface area contributed by atoms with Gasteiger partial charge in [0.15, 0.2) is 5.58 Å². The highest BCUT2D eigenvalue weighted by Crippen LogP contribution is 2.42. The molecule has 0 N–H and O–H groups in total. The molecule has 5 rings (SSSR count). The predicted molar refractivity (Wildman–Crippen MR) is 115 cm³/mol. The molecular weight excluding hydrogens is 346 g/mol. The Hall–Kier alpha value is -2.85. The van der Waals surface area contributed by atoms with Crippen molar-refractivity contribution in [1.29, 1.82) is 0 Å². The maximum atomic E-state index is 6.37. The van der Waals surface area contributed by atoms with E-state index in [0.717, 1.165) is 40.7 Å². The van der Waals surface area contributed by atoms with Crippen LogP contribution in [0, 0.1) is 13.8 Å². The first-order chi connectivity index (χ1) is 13.5. The molecule has 0 spiro atoms. The SMILES string of the molecule is Cc1ccc2c(n1)oc1c(N3c4ccccc4CCN(C)C3C)c(C)ccc12. The minimum absolute atomic E-state index is 0.218. The molecule has 142 valence electrons. The van der Waals surface area contributed by atoms with E-state index in [-0.39, 0.29) is 6.17 Å². The molecule has 0 bridgehead atoms. The van der Waals surface area contributed by atoms with Crippen molar-refractivity contribution in [2.75, 3.05) is 18.5 Å². The highest BCUT2D eigenvalue weighted by Gasteiger charge is 2.29. The molecule has 2 aromatic heterocycles. The average Bonchev–Trinajstić information content (AvgIpc) is 3.00. The molecular formula is C24H25N3O. The standard InChI is InChI=1S/C24H25N3O/c1-15-9-11-19-20-12-10-16(2)25-24(20)28-23(19)22(15)27-17(3)26(4)14-13-18-7-5-6-8-21(18)27/h5-12,17H,13-14H2,1-4H3. The number of nitrogens with zero attached hydrogens (tertiary/aromatic N) is 3. The lowest BCUT2D eigenvalue weighted by molar-refractivity contribution is 0.271. The number of aryl methyl sites for hydroxylation is 2. The Morgan fingerprint density at radius 2 is 1.79 bits per heavy atom. The summed E-state index contributed by atoms with van der Waals surface area (Å²) in [7, 11) is 2.20. The van der Waals surface area contributed by atoms with Gasteiger partial charge in [0.1, 0.15) is 0 Å². The summed E-state index contributed by atoms with van der Waals surface area (Å²) >= 11 is 0. The number of hydrogen-bond acceptors (Lipinski definition) is 4. The zero-order valence-electron chi connectivity index (χ0n) is 16.9. The average molecular weight is 371 g/mol. The molecule has 0 saturated carbocycles. The van der Waals surface area contributed by atoms with Gasteiger partial charge in [0.25, 0.3) is 0 Å². The third kappa shape index (κ3) is 2.52. The van der Waals surface area contributed by atoms with Crippen LogP contribution in [0.25, 0.3) is 22.1 Å². The van der Waals surface area contributed by atoms with Gasteiger partial charge >= 0.3 is 0 Å². The number of rotatable bonds is 1. The number of hydrogen-bond donors (Lipinski definition) is 0. The Morgan fingerprint density at radius 1 is 1.00 bits per heavy atom. The minimum atomic E-state index is 0.218. The van der Waals surface area contributed by atoms with Crippen LogP contribution in [0.2, 0.25) is 0 Å². The second-order valence-electron chi connectivity index (χ2n) is 7.88. The number of benzene rings is 2. The fourth-order valence-corrected chi connectivity index (χ4v) is 4.34. The largest absolute Gasteiger partial charge is 0.435 e. The molecule has 1 unspecified atom stereocenters. The van der Waals surface area contributed by atoms with Crippen LogP contribution in [0.1, 0.15) is 23.7 Å². The number of aromatic nitrogens is 1. The first kappa shape index (κ1) is 17.3. The summed E-state index contributed by atoms with van der Waals surface area (Å²) in [6.45, 7) is 7.47. The van der Waals surface area contributed by atoms with E-state index in [1.807, 2.05) is 6.92 Å². The lowest BCUT2D eigenvalue weighted by Gasteiger charge is -2.36. The van der Waals surface area contributed by atoms with Crippen molar-refractivity contribution in [3.63, 3.8) is 0 Å². The van der Waals surface area contributed by atoms with Crippen LogP contribution in [0.4, 0.5) is 11.4 Å². The molecule has 3 heterocycles. The summed E-state index contributed by atoms with van der Waals surface area (Å²) in [4.78, 5) is 9.48. The van der Waals surface area contributed by atoms with Gasteiger partial charge in [0, 0.05) is 28.7 Å². The van der Waals surface area contributed by atoms with Gasteiger partial charge in [-0.15, -0.1) is 0 Å². The van der Waals surface area contributed by atoms with E-state index in [1.54, 1.807) is 0 Å². The van der Waals surface area contributed by atoms with Crippen molar-refractivity contribution < 1.29 is 4.42 Å². The molecule has 1 aliphatic rings. The number of likely N-dealkylation sites (N-methyl/N-ethyl adjacent to an activating group) is 1. The van der Waals surface area contributed by atoms with Crippen LogP contribution in [0.5, 0.6) is 0 Å². The summed E-state index contributed by atoms with van der Waals surface area (Å²) in [5.74, 6) is 0. The molecule has 0 aliphatic carbocycles. The Kier molecular flexibility index (Phi) is 3.91.